The van der Waals surface area contributed by atoms with E-state index in [1.165, 1.54) is 5.56 Å². The smallest absolute Gasteiger partial charge is 0.272 e. The Morgan fingerprint density at radius 3 is 2.62 bits per heavy atom. The van der Waals surface area contributed by atoms with Gasteiger partial charge >= 0.3 is 0 Å². The second-order valence-corrected chi connectivity index (χ2v) is 4.96. The predicted molar refractivity (Wildman–Crippen MR) is 81.9 cm³/mol. The SMILES string of the molecule is Cc1ccc(CNC(=O)c2cc3ccccc3nn2)cc1. The van der Waals surface area contributed by atoms with Gasteiger partial charge in [0.1, 0.15) is 0 Å². The Bertz CT molecular complexity index is 781. The van der Waals surface area contributed by atoms with Crippen LogP contribution in [0.5, 0.6) is 0 Å². The molecule has 3 rings (SSSR count). The summed E-state index contributed by atoms with van der Waals surface area (Å²) in [7, 11) is 0. The molecule has 1 heterocycles. The number of nitrogens with zero attached hydrogens (tertiary/aromatic N) is 2. The van der Waals surface area contributed by atoms with Crippen molar-refractivity contribution >= 4 is 16.8 Å². The van der Waals surface area contributed by atoms with E-state index in [1.54, 1.807) is 6.07 Å². The first kappa shape index (κ1) is 13.2. The minimum atomic E-state index is -0.214. The zero-order valence-electron chi connectivity index (χ0n) is 11.7. The van der Waals surface area contributed by atoms with E-state index in [9.17, 15) is 4.79 Å². The first-order valence-electron chi connectivity index (χ1n) is 6.78. The number of hydrogen-bond donors (Lipinski definition) is 1. The number of aryl methyl sites for hydroxylation is 1. The Labute approximate surface area is 122 Å². The van der Waals surface area contributed by atoms with Gasteiger partial charge in [-0.2, -0.15) is 0 Å². The summed E-state index contributed by atoms with van der Waals surface area (Å²) in [5.41, 5.74) is 3.38. The number of carbonyl (C=O) groups excluding carboxylic acids is 1. The lowest BCUT2D eigenvalue weighted by Gasteiger charge is -2.05. The average Bonchev–Trinajstić information content (AvgIpc) is 2.53. The minimum Gasteiger partial charge on any atom is -0.347 e. The summed E-state index contributed by atoms with van der Waals surface area (Å²) in [4.78, 5) is 12.1. The van der Waals surface area contributed by atoms with Crippen molar-refractivity contribution in [1.82, 2.24) is 15.5 Å². The molecule has 0 aliphatic rings. The zero-order valence-corrected chi connectivity index (χ0v) is 11.7. The van der Waals surface area contributed by atoms with Crippen molar-refractivity contribution in [3.8, 4) is 0 Å². The van der Waals surface area contributed by atoms with Crippen molar-refractivity contribution in [3.63, 3.8) is 0 Å². The number of nitrogens with one attached hydrogen (secondary N) is 1. The molecule has 0 aliphatic carbocycles. The van der Waals surface area contributed by atoms with Gasteiger partial charge < -0.3 is 5.32 Å². The van der Waals surface area contributed by atoms with Crippen LogP contribution in [0.15, 0.2) is 54.6 Å². The van der Waals surface area contributed by atoms with Gasteiger partial charge in [0.15, 0.2) is 5.69 Å². The number of rotatable bonds is 3. The Morgan fingerprint density at radius 2 is 1.81 bits per heavy atom. The summed E-state index contributed by atoms with van der Waals surface area (Å²) >= 11 is 0. The number of fused-ring (bicyclic) bond motifs is 1. The molecule has 0 spiro atoms. The van der Waals surface area contributed by atoms with Crippen molar-refractivity contribution in [1.29, 1.82) is 0 Å². The maximum Gasteiger partial charge on any atom is 0.272 e. The number of carbonyl (C=O) groups is 1. The normalized spacial score (nSPS) is 10.5. The summed E-state index contributed by atoms with van der Waals surface area (Å²) in [6.45, 7) is 2.51. The van der Waals surface area contributed by atoms with Gasteiger partial charge in [0.25, 0.3) is 5.91 Å². The maximum atomic E-state index is 12.1. The second-order valence-electron chi connectivity index (χ2n) is 4.96. The predicted octanol–water partition coefficient (Wildman–Crippen LogP) is 2.87. The lowest BCUT2D eigenvalue weighted by Crippen LogP contribution is -2.24. The van der Waals surface area contributed by atoms with Crippen molar-refractivity contribution < 1.29 is 4.79 Å². The highest BCUT2D eigenvalue weighted by Crippen LogP contribution is 2.11. The van der Waals surface area contributed by atoms with Crippen LogP contribution in [0, 0.1) is 6.92 Å². The van der Waals surface area contributed by atoms with Gasteiger partial charge in [-0.3, -0.25) is 4.79 Å². The quantitative estimate of drug-likeness (QED) is 0.801. The first-order valence-corrected chi connectivity index (χ1v) is 6.78. The molecule has 3 aromatic rings. The van der Waals surface area contributed by atoms with Gasteiger partial charge in [-0.05, 0) is 24.6 Å². The molecule has 4 heteroatoms. The fourth-order valence-corrected chi connectivity index (χ4v) is 2.07. The molecular weight excluding hydrogens is 262 g/mol. The lowest BCUT2D eigenvalue weighted by molar-refractivity contribution is 0.0945. The van der Waals surface area contributed by atoms with E-state index in [2.05, 4.69) is 15.5 Å². The van der Waals surface area contributed by atoms with Gasteiger partial charge in [-0.25, -0.2) is 0 Å². The van der Waals surface area contributed by atoms with Gasteiger partial charge in [0, 0.05) is 11.9 Å². The Hall–Kier alpha value is -2.75. The van der Waals surface area contributed by atoms with E-state index in [0.29, 0.717) is 12.2 Å². The number of aromatic nitrogens is 2. The van der Waals surface area contributed by atoms with E-state index in [-0.39, 0.29) is 5.91 Å². The van der Waals surface area contributed by atoms with Crippen LogP contribution >= 0.6 is 0 Å². The van der Waals surface area contributed by atoms with Crippen LogP contribution in [0.25, 0.3) is 10.9 Å². The van der Waals surface area contributed by atoms with Gasteiger partial charge in [-0.1, -0.05) is 48.0 Å². The molecule has 0 saturated carbocycles. The second kappa shape index (κ2) is 5.71. The third kappa shape index (κ3) is 3.05. The van der Waals surface area contributed by atoms with Crippen LogP contribution in [0.1, 0.15) is 21.6 Å². The van der Waals surface area contributed by atoms with Crippen LogP contribution in [-0.2, 0) is 6.54 Å². The summed E-state index contributed by atoms with van der Waals surface area (Å²) in [6.07, 6.45) is 0. The van der Waals surface area contributed by atoms with E-state index >= 15 is 0 Å². The van der Waals surface area contributed by atoms with Gasteiger partial charge in [-0.15, -0.1) is 10.2 Å². The molecule has 0 saturated heterocycles. The zero-order chi connectivity index (χ0) is 14.7. The van der Waals surface area contributed by atoms with E-state index in [1.807, 2.05) is 55.5 Å². The highest BCUT2D eigenvalue weighted by atomic mass is 16.1. The first-order chi connectivity index (χ1) is 10.2. The van der Waals surface area contributed by atoms with E-state index in [4.69, 9.17) is 0 Å². The molecule has 0 aliphatic heterocycles. The fraction of sp³-hybridized carbons (Fsp3) is 0.118. The third-order valence-corrected chi connectivity index (χ3v) is 3.30. The molecule has 1 N–H and O–H groups in total. The van der Waals surface area contributed by atoms with Gasteiger partial charge in [0.2, 0.25) is 0 Å². The lowest BCUT2D eigenvalue weighted by atomic mass is 10.1. The summed E-state index contributed by atoms with van der Waals surface area (Å²) in [5.74, 6) is -0.214. The third-order valence-electron chi connectivity index (χ3n) is 3.30. The number of amides is 1. The molecule has 104 valence electrons. The molecule has 1 amide bonds. The summed E-state index contributed by atoms with van der Waals surface area (Å²) in [6, 6.07) is 17.4. The van der Waals surface area contributed by atoms with Crippen LogP contribution in [0.2, 0.25) is 0 Å². The average molecular weight is 277 g/mol. The minimum absolute atomic E-state index is 0.214. The van der Waals surface area contributed by atoms with E-state index in [0.717, 1.165) is 16.5 Å². The standard InChI is InChI=1S/C17H15N3O/c1-12-6-8-13(9-7-12)11-18-17(21)16-10-14-4-2-3-5-15(14)19-20-16/h2-10H,11H2,1H3,(H,18,21). The topological polar surface area (TPSA) is 54.9 Å². The van der Waals surface area contributed by atoms with Crippen LogP contribution in [-0.4, -0.2) is 16.1 Å². The highest BCUT2D eigenvalue weighted by molar-refractivity contribution is 5.95. The van der Waals surface area contributed by atoms with Crippen molar-refractivity contribution in [2.45, 2.75) is 13.5 Å². The van der Waals surface area contributed by atoms with Crippen LogP contribution in [0.3, 0.4) is 0 Å². The van der Waals surface area contributed by atoms with Crippen molar-refractivity contribution in [2.24, 2.45) is 0 Å². The molecule has 0 atom stereocenters. The number of hydrogen-bond acceptors (Lipinski definition) is 3. The molecule has 0 fully saturated rings. The molecule has 0 bridgehead atoms. The Balaban J connectivity index is 1.73. The highest BCUT2D eigenvalue weighted by Gasteiger charge is 2.08. The molecule has 2 aromatic carbocycles. The molecule has 4 nitrogen and oxygen atoms in total. The molecular formula is C17H15N3O. The monoisotopic (exact) mass is 277 g/mol. The Morgan fingerprint density at radius 1 is 1.05 bits per heavy atom. The Kier molecular flexibility index (Phi) is 3.60. The van der Waals surface area contributed by atoms with Crippen LogP contribution in [0.4, 0.5) is 0 Å². The molecule has 0 unspecified atom stereocenters. The molecule has 1 aromatic heterocycles. The van der Waals surface area contributed by atoms with E-state index < -0.39 is 0 Å². The summed E-state index contributed by atoms with van der Waals surface area (Å²) < 4.78 is 0. The number of benzene rings is 2. The fourth-order valence-electron chi connectivity index (χ4n) is 2.07. The maximum absolute atomic E-state index is 12.1. The molecule has 0 radical (unpaired) electrons. The van der Waals surface area contributed by atoms with Crippen molar-refractivity contribution in [3.05, 3.63) is 71.4 Å². The largest absolute Gasteiger partial charge is 0.347 e. The van der Waals surface area contributed by atoms with Gasteiger partial charge in [0.05, 0.1) is 5.52 Å². The van der Waals surface area contributed by atoms with Crippen molar-refractivity contribution in [2.75, 3.05) is 0 Å². The molecule has 21 heavy (non-hydrogen) atoms. The van der Waals surface area contributed by atoms with Crippen LogP contribution < -0.4 is 5.32 Å². The summed E-state index contributed by atoms with van der Waals surface area (Å²) in [5, 5.41) is 11.8.